The van der Waals surface area contributed by atoms with Crippen molar-refractivity contribution >= 4 is 6.09 Å². The van der Waals surface area contributed by atoms with E-state index in [9.17, 15) is 4.79 Å². The predicted octanol–water partition coefficient (Wildman–Crippen LogP) is 4.22. The lowest BCUT2D eigenvalue weighted by molar-refractivity contribution is -0.0137. The van der Waals surface area contributed by atoms with Crippen molar-refractivity contribution < 1.29 is 19.1 Å². The summed E-state index contributed by atoms with van der Waals surface area (Å²) in [7, 11) is 0. The summed E-state index contributed by atoms with van der Waals surface area (Å²) in [6.45, 7) is 6.10. The molecular formula is C19H23NO4. The van der Waals surface area contributed by atoms with Gasteiger partial charge in [0.05, 0.1) is 0 Å². The zero-order valence-electron chi connectivity index (χ0n) is 14.2. The van der Waals surface area contributed by atoms with Crippen molar-refractivity contribution in [3.63, 3.8) is 0 Å². The standard InChI is InChI=1S/C19H23NO4/c1-19(2,3)24-18(21)20-23-14-16-10-7-11-17(12-16)22-13-15-8-5-4-6-9-15/h4-12H,13-14H2,1-3H3,(H,20,21). The van der Waals surface area contributed by atoms with Crippen molar-refractivity contribution in [1.82, 2.24) is 5.48 Å². The van der Waals surface area contributed by atoms with Crippen molar-refractivity contribution in [2.45, 2.75) is 39.6 Å². The van der Waals surface area contributed by atoms with Crippen LogP contribution in [0.2, 0.25) is 0 Å². The molecule has 5 nitrogen and oxygen atoms in total. The molecule has 0 radical (unpaired) electrons. The third-order valence-corrected chi connectivity index (χ3v) is 2.94. The topological polar surface area (TPSA) is 56.8 Å². The van der Waals surface area contributed by atoms with Crippen molar-refractivity contribution in [3.05, 3.63) is 65.7 Å². The first kappa shape index (κ1) is 17.8. The van der Waals surface area contributed by atoms with Gasteiger partial charge in [0.25, 0.3) is 0 Å². The van der Waals surface area contributed by atoms with Gasteiger partial charge in [0, 0.05) is 0 Å². The van der Waals surface area contributed by atoms with E-state index >= 15 is 0 Å². The highest BCUT2D eigenvalue weighted by molar-refractivity contribution is 5.66. The quantitative estimate of drug-likeness (QED) is 0.806. The average molecular weight is 329 g/mol. The van der Waals surface area contributed by atoms with E-state index in [1.165, 1.54) is 0 Å². The molecule has 0 saturated carbocycles. The SMILES string of the molecule is CC(C)(C)OC(=O)NOCc1cccc(OCc2ccccc2)c1. The molecule has 2 rings (SSSR count). The largest absolute Gasteiger partial charge is 0.489 e. The molecule has 2 aromatic rings. The number of hydroxylamine groups is 1. The first-order valence-electron chi connectivity index (χ1n) is 7.79. The van der Waals surface area contributed by atoms with E-state index in [1.807, 2.05) is 54.6 Å². The lowest BCUT2D eigenvalue weighted by atomic mass is 10.2. The minimum Gasteiger partial charge on any atom is -0.489 e. The molecule has 128 valence electrons. The fraction of sp³-hybridized carbons (Fsp3) is 0.316. The third-order valence-electron chi connectivity index (χ3n) is 2.94. The number of carbonyl (C=O) groups excluding carboxylic acids is 1. The second kappa shape index (κ2) is 8.36. The van der Waals surface area contributed by atoms with Gasteiger partial charge in [-0.05, 0) is 44.0 Å². The summed E-state index contributed by atoms with van der Waals surface area (Å²) in [5.74, 6) is 0.747. The van der Waals surface area contributed by atoms with Crippen LogP contribution in [0.4, 0.5) is 4.79 Å². The Hall–Kier alpha value is -2.53. The van der Waals surface area contributed by atoms with Crippen LogP contribution >= 0.6 is 0 Å². The Morgan fingerprint density at radius 1 is 0.958 bits per heavy atom. The number of ether oxygens (including phenoxy) is 2. The van der Waals surface area contributed by atoms with E-state index in [-0.39, 0.29) is 6.61 Å². The van der Waals surface area contributed by atoms with Crippen LogP contribution in [0, 0.1) is 0 Å². The molecule has 0 aliphatic carbocycles. The molecular weight excluding hydrogens is 306 g/mol. The van der Waals surface area contributed by atoms with Crippen molar-refractivity contribution in [3.8, 4) is 5.75 Å². The minimum absolute atomic E-state index is 0.224. The van der Waals surface area contributed by atoms with Gasteiger partial charge in [0.15, 0.2) is 0 Å². The van der Waals surface area contributed by atoms with Crippen LogP contribution in [0.15, 0.2) is 54.6 Å². The molecule has 0 aromatic heterocycles. The molecule has 24 heavy (non-hydrogen) atoms. The fourth-order valence-electron chi connectivity index (χ4n) is 1.94. The number of hydrogen-bond donors (Lipinski definition) is 1. The highest BCUT2D eigenvalue weighted by Gasteiger charge is 2.15. The van der Waals surface area contributed by atoms with Crippen LogP contribution in [0.5, 0.6) is 5.75 Å². The molecule has 0 bridgehead atoms. The molecule has 0 unspecified atom stereocenters. The Morgan fingerprint density at radius 3 is 2.38 bits per heavy atom. The summed E-state index contributed by atoms with van der Waals surface area (Å²) in [5, 5.41) is 0. The van der Waals surface area contributed by atoms with Crippen LogP contribution in [0.25, 0.3) is 0 Å². The summed E-state index contributed by atoms with van der Waals surface area (Å²) >= 11 is 0. The highest BCUT2D eigenvalue weighted by atomic mass is 16.7. The Bertz CT molecular complexity index is 650. The summed E-state index contributed by atoms with van der Waals surface area (Å²) in [6, 6.07) is 17.5. The molecule has 0 aliphatic rings. The number of carbonyl (C=O) groups is 1. The van der Waals surface area contributed by atoms with E-state index in [2.05, 4.69) is 5.48 Å². The van der Waals surface area contributed by atoms with Crippen molar-refractivity contribution in [1.29, 1.82) is 0 Å². The van der Waals surface area contributed by atoms with Gasteiger partial charge < -0.3 is 9.47 Å². The fourth-order valence-corrected chi connectivity index (χ4v) is 1.94. The number of rotatable bonds is 6. The third kappa shape index (κ3) is 6.71. The van der Waals surface area contributed by atoms with Gasteiger partial charge in [-0.2, -0.15) is 5.48 Å². The molecule has 0 atom stereocenters. The van der Waals surface area contributed by atoms with Gasteiger partial charge in [-0.1, -0.05) is 42.5 Å². The molecule has 2 aromatic carbocycles. The first-order valence-corrected chi connectivity index (χ1v) is 7.79. The van der Waals surface area contributed by atoms with Gasteiger partial charge in [0.2, 0.25) is 0 Å². The first-order chi connectivity index (χ1) is 11.4. The number of hydrogen-bond acceptors (Lipinski definition) is 4. The van der Waals surface area contributed by atoms with E-state index in [0.29, 0.717) is 6.61 Å². The summed E-state index contributed by atoms with van der Waals surface area (Å²) in [5.41, 5.74) is 3.69. The van der Waals surface area contributed by atoms with Crippen LogP contribution < -0.4 is 10.2 Å². The van der Waals surface area contributed by atoms with Crippen LogP contribution in [-0.4, -0.2) is 11.7 Å². The molecule has 0 saturated heterocycles. The van der Waals surface area contributed by atoms with E-state index in [4.69, 9.17) is 14.3 Å². The molecule has 1 N–H and O–H groups in total. The Morgan fingerprint density at radius 2 is 1.67 bits per heavy atom. The highest BCUT2D eigenvalue weighted by Crippen LogP contribution is 2.16. The summed E-state index contributed by atoms with van der Waals surface area (Å²) in [4.78, 5) is 16.7. The maximum Gasteiger partial charge on any atom is 0.431 e. The van der Waals surface area contributed by atoms with Gasteiger partial charge >= 0.3 is 6.09 Å². The molecule has 0 aliphatic heterocycles. The molecule has 5 heteroatoms. The smallest absolute Gasteiger partial charge is 0.431 e. The van der Waals surface area contributed by atoms with E-state index in [0.717, 1.165) is 16.9 Å². The van der Waals surface area contributed by atoms with E-state index < -0.39 is 11.7 Å². The zero-order chi connectivity index (χ0) is 17.4. The van der Waals surface area contributed by atoms with Gasteiger partial charge in [-0.3, -0.25) is 4.84 Å². The molecule has 0 fully saturated rings. The van der Waals surface area contributed by atoms with Gasteiger partial charge in [0.1, 0.15) is 24.6 Å². The minimum atomic E-state index is -0.612. The van der Waals surface area contributed by atoms with E-state index in [1.54, 1.807) is 20.8 Å². The maximum atomic E-state index is 11.5. The summed E-state index contributed by atoms with van der Waals surface area (Å²) < 4.78 is 10.8. The molecule has 1 amide bonds. The lowest BCUT2D eigenvalue weighted by Crippen LogP contribution is -2.32. The lowest BCUT2D eigenvalue weighted by Gasteiger charge is -2.19. The second-order valence-electron chi connectivity index (χ2n) is 6.31. The molecule has 0 spiro atoms. The van der Waals surface area contributed by atoms with Crippen LogP contribution in [0.1, 0.15) is 31.9 Å². The van der Waals surface area contributed by atoms with Crippen LogP contribution in [0.3, 0.4) is 0 Å². The van der Waals surface area contributed by atoms with Gasteiger partial charge in [-0.25, -0.2) is 4.79 Å². The monoisotopic (exact) mass is 329 g/mol. The Balaban J connectivity index is 1.79. The number of benzene rings is 2. The maximum absolute atomic E-state index is 11.5. The Labute approximate surface area is 142 Å². The van der Waals surface area contributed by atoms with Crippen molar-refractivity contribution in [2.24, 2.45) is 0 Å². The second-order valence-corrected chi connectivity index (χ2v) is 6.31. The van der Waals surface area contributed by atoms with Crippen LogP contribution in [-0.2, 0) is 22.8 Å². The zero-order valence-corrected chi connectivity index (χ0v) is 14.2. The number of amides is 1. The average Bonchev–Trinajstić information content (AvgIpc) is 2.53. The number of nitrogens with one attached hydrogen (secondary N) is 1. The Kier molecular flexibility index (Phi) is 6.21. The molecule has 0 heterocycles. The van der Waals surface area contributed by atoms with Gasteiger partial charge in [-0.15, -0.1) is 0 Å². The van der Waals surface area contributed by atoms with Crippen molar-refractivity contribution in [2.75, 3.05) is 0 Å². The summed E-state index contributed by atoms with van der Waals surface area (Å²) in [6.07, 6.45) is -0.612. The predicted molar refractivity (Wildman–Crippen MR) is 91.4 cm³/mol. The normalized spacial score (nSPS) is 11.0.